The van der Waals surface area contributed by atoms with Crippen molar-refractivity contribution in [2.45, 2.75) is 52.5 Å². The topological polar surface area (TPSA) is 38.9 Å². The van der Waals surface area contributed by atoms with Crippen LogP contribution in [0, 0.1) is 0 Å². The number of aryl methyl sites for hydroxylation is 1. The predicted octanol–water partition coefficient (Wildman–Crippen LogP) is 4.11. The molecule has 19 heavy (non-hydrogen) atoms. The number of nitrogens with two attached hydrogens (primary N) is 1. The van der Waals surface area contributed by atoms with Gasteiger partial charge in [-0.25, -0.2) is 0 Å². The zero-order valence-electron chi connectivity index (χ0n) is 12.6. The van der Waals surface area contributed by atoms with Gasteiger partial charge < -0.3 is 5.73 Å². The summed E-state index contributed by atoms with van der Waals surface area (Å²) in [5, 5.41) is 1.19. The number of nitrogens with zero attached hydrogens (tertiary/aromatic N) is 1. The highest BCUT2D eigenvalue weighted by atomic mass is 14.7. The highest BCUT2D eigenvalue weighted by Crippen LogP contribution is 2.29. The van der Waals surface area contributed by atoms with Crippen molar-refractivity contribution in [1.29, 1.82) is 0 Å². The highest BCUT2D eigenvalue weighted by Gasteiger charge is 2.20. The SMILES string of the molecule is CCc1ccc2nc(C(C)C)cc(C(C)(C)N)c2c1. The van der Waals surface area contributed by atoms with Gasteiger partial charge in [-0.05, 0) is 55.5 Å². The van der Waals surface area contributed by atoms with E-state index in [1.807, 2.05) is 0 Å². The van der Waals surface area contributed by atoms with Crippen LogP contribution >= 0.6 is 0 Å². The van der Waals surface area contributed by atoms with Gasteiger partial charge in [0.15, 0.2) is 0 Å². The lowest BCUT2D eigenvalue weighted by atomic mass is 9.89. The van der Waals surface area contributed by atoms with E-state index in [-0.39, 0.29) is 5.54 Å². The van der Waals surface area contributed by atoms with E-state index in [1.54, 1.807) is 0 Å². The molecule has 0 amide bonds. The van der Waals surface area contributed by atoms with Gasteiger partial charge in [0.1, 0.15) is 0 Å². The molecule has 1 heterocycles. The molecule has 0 spiro atoms. The van der Waals surface area contributed by atoms with Gasteiger partial charge in [-0.2, -0.15) is 0 Å². The maximum Gasteiger partial charge on any atom is 0.0709 e. The summed E-state index contributed by atoms with van der Waals surface area (Å²) in [5.74, 6) is 0.413. The Balaban J connectivity index is 2.79. The van der Waals surface area contributed by atoms with Crippen molar-refractivity contribution in [2.24, 2.45) is 5.73 Å². The fourth-order valence-corrected chi connectivity index (χ4v) is 2.34. The Bertz CT molecular complexity index is 592. The normalized spacial score (nSPS) is 12.4. The Morgan fingerprint density at radius 1 is 1.21 bits per heavy atom. The summed E-state index contributed by atoms with van der Waals surface area (Å²) >= 11 is 0. The van der Waals surface area contributed by atoms with E-state index >= 15 is 0 Å². The summed E-state index contributed by atoms with van der Waals surface area (Å²) in [6.07, 6.45) is 1.03. The molecule has 0 radical (unpaired) electrons. The molecule has 0 unspecified atom stereocenters. The van der Waals surface area contributed by atoms with Gasteiger partial charge in [0.25, 0.3) is 0 Å². The van der Waals surface area contributed by atoms with E-state index < -0.39 is 0 Å². The quantitative estimate of drug-likeness (QED) is 0.897. The molecule has 0 aliphatic carbocycles. The van der Waals surface area contributed by atoms with Crippen LogP contribution in [-0.4, -0.2) is 4.98 Å². The Labute approximate surface area is 116 Å². The van der Waals surface area contributed by atoms with Gasteiger partial charge >= 0.3 is 0 Å². The molecule has 0 aliphatic rings. The molecule has 0 fully saturated rings. The lowest BCUT2D eigenvalue weighted by molar-refractivity contribution is 0.557. The molecule has 0 saturated heterocycles. The molecule has 0 saturated carbocycles. The molecule has 1 aromatic carbocycles. The van der Waals surface area contributed by atoms with Crippen molar-refractivity contribution in [3.63, 3.8) is 0 Å². The monoisotopic (exact) mass is 256 g/mol. The highest BCUT2D eigenvalue weighted by molar-refractivity contribution is 5.84. The number of hydrogen-bond acceptors (Lipinski definition) is 2. The molecule has 0 aliphatic heterocycles. The third kappa shape index (κ3) is 2.79. The first-order valence-electron chi connectivity index (χ1n) is 7.06. The Kier molecular flexibility index (Phi) is 3.64. The minimum atomic E-state index is -0.350. The number of hydrogen-bond donors (Lipinski definition) is 1. The number of pyridine rings is 1. The number of benzene rings is 1. The van der Waals surface area contributed by atoms with E-state index in [2.05, 4.69) is 58.9 Å². The maximum atomic E-state index is 6.36. The average Bonchev–Trinajstić information content (AvgIpc) is 2.35. The van der Waals surface area contributed by atoms with Crippen LogP contribution in [-0.2, 0) is 12.0 Å². The van der Waals surface area contributed by atoms with Crippen molar-refractivity contribution < 1.29 is 0 Å². The third-order valence-electron chi connectivity index (χ3n) is 3.59. The molecule has 2 heteroatoms. The molecule has 2 aromatic rings. The lowest BCUT2D eigenvalue weighted by Crippen LogP contribution is -2.29. The summed E-state index contributed by atoms with van der Waals surface area (Å²) in [4.78, 5) is 4.77. The van der Waals surface area contributed by atoms with Crippen LogP contribution in [0.1, 0.15) is 57.4 Å². The van der Waals surface area contributed by atoms with E-state index in [9.17, 15) is 0 Å². The smallest absolute Gasteiger partial charge is 0.0709 e. The average molecular weight is 256 g/mol. The molecular formula is C17H24N2. The fourth-order valence-electron chi connectivity index (χ4n) is 2.34. The molecule has 0 bridgehead atoms. The van der Waals surface area contributed by atoms with Crippen LogP contribution in [0.2, 0.25) is 0 Å². The minimum Gasteiger partial charge on any atom is -0.322 e. The predicted molar refractivity (Wildman–Crippen MR) is 82.4 cm³/mol. The van der Waals surface area contributed by atoms with Crippen molar-refractivity contribution >= 4 is 10.9 Å². The van der Waals surface area contributed by atoms with Gasteiger partial charge in [0.2, 0.25) is 0 Å². The second-order valence-electron chi connectivity index (χ2n) is 6.18. The van der Waals surface area contributed by atoms with Gasteiger partial charge in [-0.3, -0.25) is 4.98 Å². The van der Waals surface area contributed by atoms with E-state index in [4.69, 9.17) is 10.7 Å². The molecule has 102 valence electrons. The van der Waals surface area contributed by atoms with Crippen molar-refractivity contribution in [1.82, 2.24) is 4.98 Å². The molecule has 1 aromatic heterocycles. The van der Waals surface area contributed by atoms with Crippen molar-refractivity contribution in [2.75, 3.05) is 0 Å². The van der Waals surface area contributed by atoms with E-state index in [0.29, 0.717) is 5.92 Å². The Morgan fingerprint density at radius 3 is 2.42 bits per heavy atom. The van der Waals surface area contributed by atoms with E-state index in [1.165, 1.54) is 16.5 Å². The third-order valence-corrected chi connectivity index (χ3v) is 3.59. The Morgan fingerprint density at radius 2 is 1.89 bits per heavy atom. The van der Waals surface area contributed by atoms with Crippen LogP contribution < -0.4 is 5.73 Å². The van der Waals surface area contributed by atoms with Crippen LogP contribution in [0.15, 0.2) is 24.3 Å². The molecule has 0 atom stereocenters. The van der Waals surface area contributed by atoms with Crippen LogP contribution in [0.3, 0.4) is 0 Å². The Hall–Kier alpha value is -1.41. The van der Waals surface area contributed by atoms with Crippen LogP contribution in [0.5, 0.6) is 0 Å². The molecular weight excluding hydrogens is 232 g/mol. The standard InChI is InChI=1S/C17H24N2/c1-6-12-7-8-15-13(9-12)14(17(4,5)18)10-16(19-15)11(2)3/h7-11H,6,18H2,1-5H3. The summed E-state index contributed by atoms with van der Waals surface area (Å²) < 4.78 is 0. The summed E-state index contributed by atoms with van der Waals surface area (Å²) in [7, 11) is 0. The van der Waals surface area contributed by atoms with Crippen molar-refractivity contribution in [3.8, 4) is 0 Å². The van der Waals surface area contributed by atoms with Gasteiger partial charge in [0, 0.05) is 16.6 Å². The van der Waals surface area contributed by atoms with Gasteiger partial charge in [-0.15, -0.1) is 0 Å². The first kappa shape index (κ1) is 14.0. The number of aromatic nitrogens is 1. The van der Waals surface area contributed by atoms with Crippen LogP contribution in [0.4, 0.5) is 0 Å². The molecule has 2 nitrogen and oxygen atoms in total. The second-order valence-corrected chi connectivity index (χ2v) is 6.18. The number of rotatable bonds is 3. The lowest BCUT2D eigenvalue weighted by Gasteiger charge is -2.23. The molecule has 2 N–H and O–H groups in total. The summed E-state index contributed by atoms with van der Waals surface area (Å²) in [5.41, 5.74) is 10.7. The summed E-state index contributed by atoms with van der Waals surface area (Å²) in [6, 6.07) is 8.69. The zero-order valence-corrected chi connectivity index (χ0v) is 12.6. The first-order chi connectivity index (χ1) is 8.82. The largest absolute Gasteiger partial charge is 0.322 e. The molecule has 2 rings (SSSR count). The van der Waals surface area contributed by atoms with Gasteiger partial charge in [-0.1, -0.05) is 26.8 Å². The zero-order chi connectivity index (χ0) is 14.2. The van der Waals surface area contributed by atoms with E-state index in [0.717, 1.165) is 17.6 Å². The second kappa shape index (κ2) is 4.93. The number of fused-ring (bicyclic) bond motifs is 1. The van der Waals surface area contributed by atoms with Gasteiger partial charge in [0.05, 0.1) is 5.52 Å². The fraction of sp³-hybridized carbons (Fsp3) is 0.471. The summed E-state index contributed by atoms with van der Waals surface area (Å²) in [6.45, 7) is 10.6. The minimum absolute atomic E-state index is 0.350. The maximum absolute atomic E-state index is 6.36. The van der Waals surface area contributed by atoms with Crippen molar-refractivity contribution in [3.05, 3.63) is 41.1 Å². The first-order valence-corrected chi connectivity index (χ1v) is 7.06. The van der Waals surface area contributed by atoms with Crippen LogP contribution in [0.25, 0.3) is 10.9 Å².